The van der Waals surface area contributed by atoms with Crippen molar-refractivity contribution in [1.29, 1.82) is 5.26 Å². The van der Waals surface area contributed by atoms with Crippen LogP contribution in [0.2, 0.25) is 0 Å². The number of amides is 1. The highest BCUT2D eigenvalue weighted by Gasteiger charge is 2.30. The number of nitrogens with zero attached hydrogens (tertiary/aromatic N) is 3. The normalized spacial score (nSPS) is 14.1. The number of benzene rings is 2. The van der Waals surface area contributed by atoms with Crippen LogP contribution >= 0.6 is 0 Å². The predicted molar refractivity (Wildman–Crippen MR) is 107 cm³/mol. The minimum absolute atomic E-state index is 0.450. The lowest BCUT2D eigenvalue weighted by Crippen LogP contribution is -2.50. The highest BCUT2D eigenvalue weighted by Crippen LogP contribution is 2.24. The fraction of sp³-hybridized carbons (Fsp3) is 0.227. The Morgan fingerprint density at radius 1 is 1.00 bits per heavy atom. The molecule has 2 heterocycles. The fourth-order valence-electron chi connectivity index (χ4n) is 3.81. The van der Waals surface area contributed by atoms with E-state index >= 15 is 0 Å². The van der Waals surface area contributed by atoms with Gasteiger partial charge in [-0.15, -0.1) is 0 Å². The van der Waals surface area contributed by atoms with Crippen molar-refractivity contribution in [2.45, 2.75) is 6.92 Å². The molecule has 1 aliphatic rings. The summed E-state index contributed by atoms with van der Waals surface area (Å²) in [4.78, 5) is 32.6. The number of nitrogens with one attached hydrogen (secondary N) is 1. The Balaban J connectivity index is 1.50. The molecule has 140 valence electrons. The molecular formula is C22H20N4O2. The molecule has 0 radical (unpaired) electrons. The maximum atomic E-state index is 12.9. The van der Waals surface area contributed by atoms with Crippen molar-refractivity contribution in [3.63, 3.8) is 0 Å². The second kappa shape index (κ2) is 7.20. The van der Waals surface area contributed by atoms with Gasteiger partial charge in [0.15, 0.2) is 0 Å². The Hall–Kier alpha value is -3.59. The minimum Gasteiger partial charge on any atom is -0.367 e. The molecular weight excluding hydrogens is 352 g/mol. The van der Waals surface area contributed by atoms with E-state index in [0.717, 1.165) is 16.6 Å². The Kier molecular flexibility index (Phi) is 4.58. The van der Waals surface area contributed by atoms with E-state index in [9.17, 15) is 14.9 Å². The van der Waals surface area contributed by atoms with Crippen LogP contribution in [-0.4, -0.2) is 47.8 Å². The van der Waals surface area contributed by atoms with Crippen LogP contribution in [0.15, 0.2) is 48.5 Å². The molecule has 0 unspecified atom stereocenters. The van der Waals surface area contributed by atoms with E-state index in [1.165, 1.54) is 0 Å². The van der Waals surface area contributed by atoms with Gasteiger partial charge in [-0.1, -0.05) is 30.3 Å². The number of hydrogen-bond acceptors (Lipinski definition) is 4. The molecule has 1 fully saturated rings. The van der Waals surface area contributed by atoms with Crippen LogP contribution < -0.4 is 4.90 Å². The molecule has 6 nitrogen and oxygen atoms in total. The van der Waals surface area contributed by atoms with Gasteiger partial charge in [-0.05, 0) is 25.1 Å². The average Bonchev–Trinajstić information content (AvgIpc) is 3.08. The van der Waals surface area contributed by atoms with Crippen LogP contribution in [0.5, 0.6) is 0 Å². The summed E-state index contributed by atoms with van der Waals surface area (Å²) in [7, 11) is 0. The maximum Gasteiger partial charge on any atom is 0.295 e. The van der Waals surface area contributed by atoms with Crippen molar-refractivity contribution in [3.05, 3.63) is 65.4 Å². The molecule has 1 N–H and O–H groups in total. The summed E-state index contributed by atoms with van der Waals surface area (Å²) in [5.41, 5.74) is 3.51. The first kappa shape index (κ1) is 17.8. The molecule has 0 atom stereocenters. The van der Waals surface area contributed by atoms with E-state index in [0.29, 0.717) is 43.0 Å². The first-order valence-corrected chi connectivity index (χ1v) is 9.25. The summed E-state index contributed by atoms with van der Waals surface area (Å²) in [6, 6.07) is 17.2. The van der Waals surface area contributed by atoms with Crippen molar-refractivity contribution < 1.29 is 9.59 Å². The molecule has 0 spiro atoms. The summed E-state index contributed by atoms with van der Waals surface area (Å²) in [5, 5.41) is 10.1. The Labute approximate surface area is 163 Å². The van der Waals surface area contributed by atoms with E-state index in [2.05, 4.69) is 16.0 Å². The lowest BCUT2D eigenvalue weighted by Gasteiger charge is -2.36. The first-order chi connectivity index (χ1) is 13.6. The van der Waals surface area contributed by atoms with Gasteiger partial charge in [-0.3, -0.25) is 9.59 Å². The number of aromatic nitrogens is 1. The molecule has 0 saturated carbocycles. The van der Waals surface area contributed by atoms with Gasteiger partial charge in [0.05, 0.1) is 16.8 Å². The van der Waals surface area contributed by atoms with Crippen LogP contribution in [0.4, 0.5) is 5.69 Å². The number of carbonyl (C=O) groups is 2. The molecule has 0 bridgehead atoms. The monoisotopic (exact) mass is 372 g/mol. The molecule has 3 aromatic rings. The van der Waals surface area contributed by atoms with Crippen molar-refractivity contribution in [2.24, 2.45) is 0 Å². The number of ketones is 1. The van der Waals surface area contributed by atoms with E-state index in [4.69, 9.17) is 0 Å². The quantitative estimate of drug-likeness (QED) is 0.566. The number of rotatable bonds is 3. The van der Waals surface area contributed by atoms with Gasteiger partial charge >= 0.3 is 0 Å². The predicted octanol–water partition coefficient (Wildman–Crippen LogP) is 2.88. The molecule has 28 heavy (non-hydrogen) atoms. The largest absolute Gasteiger partial charge is 0.367 e. The van der Waals surface area contributed by atoms with E-state index < -0.39 is 11.7 Å². The van der Waals surface area contributed by atoms with Crippen LogP contribution in [0, 0.1) is 18.3 Å². The standard InChI is InChI=1S/C22H20N4O2/c1-15-20(17-7-3-4-8-18(17)24-15)21(27)22(28)26-12-10-25(11-13-26)19-9-5-2-6-16(19)14-23/h2-9,24H,10-13H2,1H3. The number of H-pyrrole nitrogens is 1. The summed E-state index contributed by atoms with van der Waals surface area (Å²) in [5.74, 6) is -0.943. The smallest absolute Gasteiger partial charge is 0.295 e. The van der Waals surface area contributed by atoms with E-state index in [1.807, 2.05) is 49.4 Å². The number of nitriles is 1. The van der Waals surface area contributed by atoms with Crippen LogP contribution in [0.1, 0.15) is 21.6 Å². The molecule has 1 saturated heterocycles. The van der Waals surface area contributed by atoms with Gasteiger partial charge in [0.25, 0.3) is 11.7 Å². The second-order valence-corrected chi connectivity index (χ2v) is 6.91. The molecule has 6 heteroatoms. The van der Waals surface area contributed by atoms with Crippen molar-refractivity contribution in [3.8, 4) is 6.07 Å². The van der Waals surface area contributed by atoms with Crippen LogP contribution in [0.25, 0.3) is 10.9 Å². The Morgan fingerprint density at radius 3 is 2.43 bits per heavy atom. The van der Waals surface area contributed by atoms with E-state index in [1.54, 1.807) is 11.0 Å². The Bertz CT molecular complexity index is 1100. The number of carbonyl (C=O) groups excluding carboxylic acids is 2. The zero-order valence-electron chi connectivity index (χ0n) is 15.6. The SMILES string of the molecule is Cc1[nH]c2ccccc2c1C(=O)C(=O)N1CCN(c2ccccc2C#N)CC1. The second-order valence-electron chi connectivity index (χ2n) is 6.91. The molecule has 2 aromatic carbocycles. The molecule has 0 aliphatic carbocycles. The summed E-state index contributed by atoms with van der Waals surface area (Å²) in [6.45, 7) is 3.89. The fourth-order valence-corrected chi connectivity index (χ4v) is 3.81. The number of Topliss-reactive ketones (excluding diaryl/α,β-unsaturated/α-hetero) is 1. The topological polar surface area (TPSA) is 80.2 Å². The summed E-state index contributed by atoms with van der Waals surface area (Å²) < 4.78 is 0. The number of fused-ring (bicyclic) bond motifs is 1. The molecule has 1 amide bonds. The van der Waals surface area contributed by atoms with Gasteiger partial charge in [0.2, 0.25) is 0 Å². The zero-order chi connectivity index (χ0) is 19.7. The summed E-state index contributed by atoms with van der Waals surface area (Å²) in [6.07, 6.45) is 0. The molecule has 1 aromatic heterocycles. The minimum atomic E-state index is -0.471. The van der Waals surface area contributed by atoms with Gasteiger partial charge in [-0.2, -0.15) is 5.26 Å². The third kappa shape index (κ3) is 3.01. The number of hydrogen-bond donors (Lipinski definition) is 1. The molecule has 4 rings (SSSR count). The van der Waals surface area contributed by atoms with Gasteiger partial charge in [0.1, 0.15) is 6.07 Å². The van der Waals surface area contributed by atoms with Crippen LogP contribution in [-0.2, 0) is 4.79 Å². The zero-order valence-corrected chi connectivity index (χ0v) is 15.6. The first-order valence-electron chi connectivity index (χ1n) is 9.25. The number of aryl methyl sites for hydroxylation is 1. The van der Waals surface area contributed by atoms with Crippen molar-refractivity contribution >= 4 is 28.3 Å². The third-order valence-corrected chi connectivity index (χ3v) is 5.25. The highest BCUT2D eigenvalue weighted by molar-refractivity contribution is 6.45. The maximum absolute atomic E-state index is 12.9. The van der Waals surface area contributed by atoms with Gasteiger partial charge in [0, 0.05) is 42.8 Å². The lowest BCUT2D eigenvalue weighted by atomic mass is 10.1. The van der Waals surface area contributed by atoms with Gasteiger partial charge in [-0.25, -0.2) is 0 Å². The Morgan fingerprint density at radius 2 is 1.68 bits per heavy atom. The third-order valence-electron chi connectivity index (χ3n) is 5.25. The number of anilines is 1. The van der Waals surface area contributed by atoms with Crippen LogP contribution in [0.3, 0.4) is 0 Å². The van der Waals surface area contributed by atoms with E-state index in [-0.39, 0.29) is 0 Å². The lowest BCUT2D eigenvalue weighted by molar-refractivity contribution is -0.126. The number of para-hydroxylation sites is 2. The highest BCUT2D eigenvalue weighted by atomic mass is 16.2. The van der Waals surface area contributed by atoms with Crippen molar-refractivity contribution in [2.75, 3.05) is 31.1 Å². The number of aromatic amines is 1. The average molecular weight is 372 g/mol. The summed E-state index contributed by atoms with van der Waals surface area (Å²) >= 11 is 0. The molecule has 1 aliphatic heterocycles. The number of piperazine rings is 1. The van der Waals surface area contributed by atoms with Crippen molar-refractivity contribution in [1.82, 2.24) is 9.88 Å². The van der Waals surface area contributed by atoms with Gasteiger partial charge < -0.3 is 14.8 Å².